The van der Waals surface area contributed by atoms with Crippen LogP contribution in [0.3, 0.4) is 0 Å². The molecule has 290 valence electrons. The highest BCUT2D eigenvalue weighted by Gasteiger charge is 2.72. The van der Waals surface area contributed by atoms with Gasteiger partial charge >= 0.3 is 10.4 Å². The first kappa shape index (κ1) is 40.4. The molecule has 1 aliphatic heterocycles. The lowest BCUT2D eigenvalue weighted by Crippen LogP contribution is -2.71. The Hall–Kier alpha value is -0.790. The fraction of sp³-hybridized carbons (Fsp3) is 0.943. The topological polar surface area (TPSA) is 233 Å². The zero-order valence-electron chi connectivity index (χ0n) is 30.0. The Morgan fingerprint density at radius 3 is 2.22 bits per heavy atom. The number of fused-ring (bicyclic) bond motifs is 5. The molecule has 0 bridgehead atoms. The molecular formula is C35H60O14S. The molecule has 4 aliphatic carbocycles. The van der Waals surface area contributed by atoms with E-state index >= 15 is 0 Å². The van der Waals surface area contributed by atoms with E-state index in [-0.39, 0.29) is 43.1 Å². The number of ether oxygens (including phenoxy) is 3. The highest BCUT2D eigenvalue weighted by atomic mass is 32.3. The maximum Gasteiger partial charge on any atom is 0.397 e. The van der Waals surface area contributed by atoms with E-state index < -0.39 is 106 Å². The molecule has 0 spiro atoms. The SMILES string of the molecule is COC1C(O)C(CO)OC(OCC(C)C(C)C=CC(C)C2CC(O)C3C2(C)CCC2C4(C)CCC(O)C(O)C4C(OS(=O)(=O)O)CC23O)C1O. The van der Waals surface area contributed by atoms with Crippen LogP contribution in [0.4, 0.5) is 0 Å². The third-order valence-corrected chi connectivity index (χ3v) is 14.4. The number of aliphatic hydroxyl groups is 7. The molecule has 0 aromatic heterocycles. The number of methoxy groups -OCH3 is 1. The minimum atomic E-state index is -4.96. The van der Waals surface area contributed by atoms with Crippen molar-refractivity contribution in [2.45, 2.75) is 134 Å². The van der Waals surface area contributed by atoms with Crippen molar-refractivity contribution in [1.29, 1.82) is 0 Å². The Balaban J connectivity index is 1.30. The summed E-state index contributed by atoms with van der Waals surface area (Å²) in [4.78, 5) is 0. The van der Waals surface area contributed by atoms with E-state index in [9.17, 15) is 48.7 Å². The summed E-state index contributed by atoms with van der Waals surface area (Å²) in [7, 11) is -3.60. The van der Waals surface area contributed by atoms with Gasteiger partial charge in [-0.3, -0.25) is 4.55 Å². The highest BCUT2D eigenvalue weighted by molar-refractivity contribution is 7.80. The molecule has 1 heterocycles. The Kier molecular flexibility index (Phi) is 12.0. The lowest BCUT2D eigenvalue weighted by molar-refractivity contribution is -0.306. The lowest BCUT2D eigenvalue weighted by Gasteiger charge is -2.66. The van der Waals surface area contributed by atoms with Gasteiger partial charge in [0.2, 0.25) is 0 Å². The molecule has 0 amide bonds. The summed E-state index contributed by atoms with van der Waals surface area (Å²) >= 11 is 0. The Morgan fingerprint density at radius 1 is 0.940 bits per heavy atom. The predicted molar refractivity (Wildman–Crippen MR) is 178 cm³/mol. The van der Waals surface area contributed by atoms with E-state index in [4.69, 9.17) is 18.4 Å². The minimum absolute atomic E-state index is 0.00317. The summed E-state index contributed by atoms with van der Waals surface area (Å²) < 4.78 is 55.6. The molecule has 15 heteroatoms. The Morgan fingerprint density at radius 2 is 1.60 bits per heavy atom. The number of hydrogen-bond donors (Lipinski definition) is 8. The highest BCUT2D eigenvalue weighted by Crippen LogP contribution is 2.70. The quantitative estimate of drug-likeness (QED) is 0.108. The van der Waals surface area contributed by atoms with Gasteiger partial charge in [-0.25, -0.2) is 4.18 Å². The average Bonchev–Trinajstić information content (AvgIpc) is 3.31. The fourth-order valence-electron chi connectivity index (χ4n) is 11.2. The molecule has 5 rings (SSSR count). The third kappa shape index (κ3) is 7.09. The van der Waals surface area contributed by atoms with Crippen molar-refractivity contribution in [2.24, 2.45) is 52.3 Å². The first-order chi connectivity index (χ1) is 23.2. The van der Waals surface area contributed by atoms with Crippen LogP contribution < -0.4 is 0 Å². The summed E-state index contributed by atoms with van der Waals surface area (Å²) in [6.07, 6.45) is -3.64. The van der Waals surface area contributed by atoms with Crippen molar-refractivity contribution in [1.82, 2.24) is 0 Å². The Labute approximate surface area is 295 Å². The van der Waals surface area contributed by atoms with Gasteiger partial charge in [0.25, 0.3) is 0 Å². The summed E-state index contributed by atoms with van der Waals surface area (Å²) in [5, 5.41) is 76.5. The molecule has 5 fully saturated rings. The van der Waals surface area contributed by atoms with Crippen molar-refractivity contribution < 1.29 is 67.1 Å². The van der Waals surface area contributed by atoms with E-state index in [1.807, 2.05) is 20.8 Å². The smallest absolute Gasteiger partial charge is 0.394 e. The van der Waals surface area contributed by atoms with Crippen LogP contribution in [-0.4, -0.2) is 130 Å². The van der Waals surface area contributed by atoms with Gasteiger partial charge in [-0.05, 0) is 72.5 Å². The second-order valence-corrected chi connectivity index (χ2v) is 17.7. The van der Waals surface area contributed by atoms with Crippen LogP contribution in [0, 0.1) is 52.3 Å². The first-order valence-corrected chi connectivity index (χ1v) is 19.5. The minimum Gasteiger partial charge on any atom is -0.394 e. The zero-order chi connectivity index (χ0) is 37.1. The Bertz CT molecular complexity index is 1320. The van der Waals surface area contributed by atoms with Crippen LogP contribution in [0.2, 0.25) is 0 Å². The molecule has 4 saturated carbocycles. The van der Waals surface area contributed by atoms with Gasteiger partial charge < -0.3 is 50.0 Å². The van der Waals surface area contributed by atoms with Gasteiger partial charge in [0.1, 0.15) is 24.4 Å². The number of rotatable bonds is 11. The van der Waals surface area contributed by atoms with E-state index in [0.717, 1.165) is 0 Å². The molecule has 19 unspecified atom stereocenters. The molecule has 0 aromatic carbocycles. The predicted octanol–water partition coefficient (Wildman–Crippen LogP) is 0.796. The first-order valence-electron chi connectivity index (χ1n) is 18.1. The number of allylic oxidation sites excluding steroid dienone is 2. The summed E-state index contributed by atoms with van der Waals surface area (Å²) in [6.45, 7) is 9.87. The van der Waals surface area contributed by atoms with Crippen LogP contribution in [0.5, 0.6) is 0 Å². The van der Waals surface area contributed by atoms with E-state index in [1.54, 1.807) is 0 Å². The molecule has 5 aliphatic rings. The third-order valence-electron chi connectivity index (χ3n) is 13.9. The van der Waals surface area contributed by atoms with Crippen molar-refractivity contribution >= 4 is 10.4 Å². The molecule has 50 heavy (non-hydrogen) atoms. The van der Waals surface area contributed by atoms with Crippen LogP contribution in [0.15, 0.2) is 12.2 Å². The van der Waals surface area contributed by atoms with Gasteiger partial charge in [-0.2, -0.15) is 8.42 Å². The van der Waals surface area contributed by atoms with Crippen molar-refractivity contribution in [2.75, 3.05) is 20.3 Å². The summed E-state index contributed by atoms with van der Waals surface area (Å²) in [5.41, 5.74) is -2.89. The molecule has 0 aromatic rings. The van der Waals surface area contributed by atoms with Crippen LogP contribution >= 0.6 is 0 Å². The number of aliphatic hydroxyl groups excluding tert-OH is 6. The average molecular weight is 737 g/mol. The fourth-order valence-corrected chi connectivity index (χ4v) is 11.7. The monoisotopic (exact) mass is 736 g/mol. The van der Waals surface area contributed by atoms with E-state index in [1.165, 1.54) is 7.11 Å². The van der Waals surface area contributed by atoms with Crippen molar-refractivity contribution in [3.05, 3.63) is 12.2 Å². The second kappa shape index (κ2) is 14.8. The van der Waals surface area contributed by atoms with Crippen LogP contribution in [-0.2, 0) is 28.8 Å². The van der Waals surface area contributed by atoms with Gasteiger partial charge in [0.05, 0.1) is 43.2 Å². The van der Waals surface area contributed by atoms with Crippen molar-refractivity contribution in [3.63, 3.8) is 0 Å². The maximum absolute atomic E-state index is 12.7. The van der Waals surface area contributed by atoms with E-state index in [2.05, 4.69) is 26.0 Å². The van der Waals surface area contributed by atoms with Crippen LogP contribution in [0.1, 0.15) is 73.1 Å². The van der Waals surface area contributed by atoms with Gasteiger partial charge in [-0.15, -0.1) is 0 Å². The maximum atomic E-state index is 12.7. The van der Waals surface area contributed by atoms with Gasteiger partial charge in [0.15, 0.2) is 6.29 Å². The molecule has 1 saturated heterocycles. The molecule has 0 radical (unpaired) electrons. The van der Waals surface area contributed by atoms with E-state index in [0.29, 0.717) is 25.7 Å². The largest absolute Gasteiger partial charge is 0.397 e. The molecule has 14 nitrogen and oxygen atoms in total. The van der Waals surface area contributed by atoms with Crippen molar-refractivity contribution in [3.8, 4) is 0 Å². The standard InChI is InChI=1S/C35H60O14S/c1-17(19(3)16-47-32-29(41)30(46-6)28(40)24(15-36)48-32)7-8-18(2)20-13-22(38)31-33(20,4)12-10-25-34(5)11-9-21(37)27(39)26(34)23(14-35(25,31)42)49-50(43,44)45/h7-8,17-32,36-42H,9-16H2,1-6H3,(H,43,44,45). The van der Waals surface area contributed by atoms with Gasteiger partial charge in [0, 0.05) is 25.4 Å². The summed E-state index contributed by atoms with van der Waals surface area (Å²) in [6, 6.07) is 0. The van der Waals surface area contributed by atoms with Gasteiger partial charge in [-0.1, -0.05) is 46.8 Å². The normalized spacial score (nSPS) is 49.9. The molecular weight excluding hydrogens is 676 g/mol. The second-order valence-electron chi connectivity index (χ2n) is 16.7. The zero-order valence-corrected chi connectivity index (χ0v) is 30.8. The lowest BCUT2D eigenvalue weighted by atomic mass is 9.41. The van der Waals surface area contributed by atoms with Crippen LogP contribution in [0.25, 0.3) is 0 Å². The molecule has 19 atom stereocenters. The number of hydrogen-bond acceptors (Lipinski definition) is 13. The molecule has 8 N–H and O–H groups in total. The summed E-state index contributed by atoms with van der Waals surface area (Å²) in [5.74, 6) is -1.86.